The van der Waals surface area contributed by atoms with Gasteiger partial charge in [-0.15, -0.1) is 0 Å². The van der Waals surface area contributed by atoms with Gasteiger partial charge in [0.05, 0.1) is 12.0 Å². The molecule has 2 N–H and O–H groups in total. The van der Waals surface area contributed by atoms with Crippen molar-refractivity contribution in [2.45, 2.75) is 84.8 Å². The van der Waals surface area contributed by atoms with Crippen molar-refractivity contribution in [1.82, 2.24) is 10.6 Å². The molecule has 0 spiro atoms. The van der Waals surface area contributed by atoms with E-state index in [4.69, 9.17) is 14.2 Å². The second kappa shape index (κ2) is 14.2. The lowest BCUT2D eigenvalue weighted by atomic mass is 9.84. The number of halogens is 1. The highest BCUT2D eigenvalue weighted by Crippen LogP contribution is 2.32. The average molecular weight is 619 g/mol. The van der Waals surface area contributed by atoms with E-state index in [-0.39, 0.29) is 24.1 Å². The quantitative estimate of drug-likeness (QED) is 0.221. The highest BCUT2D eigenvalue weighted by atomic mass is 19.1. The van der Waals surface area contributed by atoms with Crippen LogP contribution in [0.5, 0.6) is 11.5 Å². The lowest BCUT2D eigenvalue weighted by Crippen LogP contribution is -2.56. The molecule has 0 bridgehead atoms. The molecule has 3 aromatic carbocycles. The van der Waals surface area contributed by atoms with Crippen molar-refractivity contribution >= 4 is 17.8 Å². The van der Waals surface area contributed by atoms with Crippen LogP contribution in [-0.4, -0.2) is 35.7 Å². The summed E-state index contributed by atoms with van der Waals surface area (Å²) < 4.78 is 31.7. The van der Waals surface area contributed by atoms with E-state index < -0.39 is 47.0 Å². The Hall–Kier alpha value is -4.24. The Kier molecular flexibility index (Phi) is 10.7. The van der Waals surface area contributed by atoms with E-state index in [0.717, 1.165) is 5.56 Å². The molecule has 4 atom stereocenters. The highest BCUT2D eigenvalue weighted by Gasteiger charge is 2.48. The van der Waals surface area contributed by atoms with E-state index >= 15 is 0 Å². The van der Waals surface area contributed by atoms with Gasteiger partial charge in [0.2, 0.25) is 17.6 Å². The van der Waals surface area contributed by atoms with Crippen molar-refractivity contribution in [1.29, 1.82) is 0 Å². The minimum Gasteiger partial charge on any atom is -0.454 e. The molecule has 240 valence electrons. The molecule has 0 saturated carbocycles. The van der Waals surface area contributed by atoms with E-state index in [9.17, 15) is 18.8 Å². The Balaban J connectivity index is 1.46. The fourth-order valence-electron chi connectivity index (χ4n) is 5.32. The summed E-state index contributed by atoms with van der Waals surface area (Å²) in [5.74, 6) is -3.45. The molecule has 1 heterocycles. The maximum Gasteiger partial charge on any atom is 0.338 e. The van der Waals surface area contributed by atoms with Gasteiger partial charge in [-0.05, 0) is 67.0 Å². The van der Waals surface area contributed by atoms with Crippen LogP contribution in [0.2, 0.25) is 0 Å². The zero-order valence-corrected chi connectivity index (χ0v) is 26.8. The second-order valence-corrected chi connectivity index (χ2v) is 13.0. The third kappa shape index (κ3) is 9.14. The van der Waals surface area contributed by atoms with Gasteiger partial charge < -0.3 is 24.8 Å². The predicted molar refractivity (Wildman–Crippen MR) is 169 cm³/mol. The van der Waals surface area contributed by atoms with Crippen LogP contribution >= 0.6 is 0 Å². The summed E-state index contributed by atoms with van der Waals surface area (Å²) in [5.41, 5.74) is 1.00. The molecule has 9 heteroatoms. The molecule has 1 saturated heterocycles. The number of amides is 2. The minimum atomic E-state index is -1.19. The van der Waals surface area contributed by atoms with Gasteiger partial charge in [0.1, 0.15) is 11.8 Å². The van der Waals surface area contributed by atoms with Crippen molar-refractivity contribution in [2.75, 3.05) is 0 Å². The van der Waals surface area contributed by atoms with Gasteiger partial charge in [0, 0.05) is 13.8 Å². The third-order valence-corrected chi connectivity index (χ3v) is 7.71. The molecule has 1 fully saturated rings. The van der Waals surface area contributed by atoms with Crippen molar-refractivity contribution in [3.8, 4) is 11.5 Å². The number of carbonyl (C=O) groups is 3. The zero-order chi connectivity index (χ0) is 32.8. The van der Waals surface area contributed by atoms with Crippen molar-refractivity contribution in [2.24, 2.45) is 11.3 Å². The topological polar surface area (TPSA) is 103 Å². The standard InChI is InChI=1S/C36H43FN2O6/c1-23(25-15-9-7-10-16-25)38-33(41)31(35(2,3)4)39-32(40)27(30-34(42)45-36(5,6)44-30)19-13-14-24-20-21-29(28(37)22-24)43-26-17-11-8-12-18-26/h7-12,15-18,20-23,27,30-31H,13-14,19H2,1-6H3,(H,38,41)(H,39,40). The van der Waals surface area contributed by atoms with Crippen molar-refractivity contribution in [3.05, 3.63) is 95.8 Å². The predicted octanol–water partition coefficient (Wildman–Crippen LogP) is 6.64. The molecule has 3 aromatic rings. The number of ether oxygens (including phenoxy) is 3. The smallest absolute Gasteiger partial charge is 0.338 e. The van der Waals surface area contributed by atoms with E-state index in [2.05, 4.69) is 10.6 Å². The number of para-hydroxylation sites is 1. The number of hydrogen-bond donors (Lipinski definition) is 2. The maximum atomic E-state index is 14.9. The largest absolute Gasteiger partial charge is 0.454 e. The molecule has 45 heavy (non-hydrogen) atoms. The van der Waals surface area contributed by atoms with Crippen molar-refractivity contribution in [3.63, 3.8) is 0 Å². The van der Waals surface area contributed by atoms with E-state index in [0.29, 0.717) is 24.2 Å². The number of hydrogen-bond acceptors (Lipinski definition) is 6. The Bertz CT molecular complexity index is 1470. The minimum absolute atomic E-state index is 0.111. The van der Waals surface area contributed by atoms with Gasteiger partial charge in [-0.25, -0.2) is 9.18 Å². The first kappa shape index (κ1) is 33.6. The highest BCUT2D eigenvalue weighted by molar-refractivity contribution is 5.92. The first-order valence-corrected chi connectivity index (χ1v) is 15.3. The number of carbonyl (C=O) groups excluding carboxylic acids is 3. The van der Waals surface area contributed by atoms with Crippen LogP contribution in [0.4, 0.5) is 4.39 Å². The lowest BCUT2D eigenvalue weighted by Gasteiger charge is -2.33. The molecular formula is C36H43FN2O6. The monoisotopic (exact) mass is 618 g/mol. The number of nitrogens with one attached hydrogen (secondary N) is 2. The van der Waals surface area contributed by atoms with E-state index in [1.165, 1.54) is 6.07 Å². The molecular weight excluding hydrogens is 575 g/mol. The summed E-state index contributed by atoms with van der Waals surface area (Å²) in [5, 5.41) is 5.92. The Morgan fingerprint density at radius 2 is 1.60 bits per heavy atom. The van der Waals surface area contributed by atoms with Gasteiger partial charge in [0.25, 0.3) is 0 Å². The molecule has 4 unspecified atom stereocenters. The number of cyclic esters (lactones) is 1. The van der Waals surface area contributed by atoms with Gasteiger partial charge in [-0.1, -0.05) is 75.4 Å². The Labute approximate surface area is 264 Å². The summed E-state index contributed by atoms with van der Waals surface area (Å²) >= 11 is 0. The van der Waals surface area contributed by atoms with Gasteiger partial charge in [-0.2, -0.15) is 0 Å². The van der Waals surface area contributed by atoms with Crippen LogP contribution in [0.3, 0.4) is 0 Å². The summed E-state index contributed by atoms with van der Waals surface area (Å²) in [6.07, 6.45) is -0.0217. The number of aryl methyl sites for hydroxylation is 1. The first-order valence-electron chi connectivity index (χ1n) is 15.3. The van der Waals surface area contributed by atoms with Crippen LogP contribution in [-0.2, 0) is 30.3 Å². The first-order chi connectivity index (χ1) is 21.2. The fraction of sp³-hybridized carbons (Fsp3) is 0.417. The van der Waals surface area contributed by atoms with Gasteiger partial charge in [0.15, 0.2) is 17.7 Å². The number of benzene rings is 3. The molecule has 0 radical (unpaired) electrons. The molecule has 0 aromatic heterocycles. The summed E-state index contributed by atoms with van der Waals surface area (Å²) in [4.78, 5) is 40.2. The van der Waals surface area contributed by atoms with Gasteiger partial charge in [-0.3, -0.25) is 9.59 Å². The van der Waals surface area contributed by atoms with Crippen molar-refractivity contribution < 1.29 is 33.0 Å². The molecule has 1 aliphatic rings. The summed E-state index contributed by atoms with van der Waals surface area (Å²) in [7, 11) is 0. The zero-order valence-electron chi connectivity index (χ0n) is 26.8. The van der Waals surface area contributed by atoms with Crippen LogP contribution in [0.25, 0.3) is 0 Å². The normalized spacial score (nSPS) is 17.9. The Morgan fingerprint density at radius 3 is 2.18 bits per heavy atom. The molecule has 0 aliphatic carbocycles. The molecule has 4 rings (SSSR count). The van der Waals surface area contributed by atoms with Gasteiger partial charge >= 0.3 is 5.97 Å². The molecule has 2 amide bonds. The number of rotatable bonds is 12. The Morgan fingerprint density at radius 1 is 0.956 bits per heavy atom. The summed E-state index contributed by atoms with van der Waals surface area (Å²) in [6, 6.07) is 22.1. The van der Waals surface area contributed by atoms with E-state index in [1.807, 2.05) is 64.1 Å². The molecule has 8 nitrogen and oxygen atoms in total. The van der Waals surface area contributed by atoms with Crippen LogP contribution in [0.1, 0.15) is 71.6 Å². The van der Waals surface area contributed by atoms with Crippen LogP contribution in [0.15, 0.2) is 78.9 Å². The number of esters is 1. The van der Waals surface area contributed by atoms with E-state index in [1.54, 1.807) is 50.2 Å². The third-order valence-electron chi connectivity index (χ3n) is 7.71. The summed E-state index contributed by atoms with van der Waals surface area (Å²) in [6.45, 7) is 10.7. The lowest BCUT2D eigenvalue weighted by molar-refractivity contribution is -0.162. The average Bonchev–Trinajstić information content (AvgIpc) is 3.26. The second-order valence-electron chi connectivity index (χ2n) is 13.0. The maximum absolute atomic E-state index is 14.9. The SMILES string of the molecule is CC(NC(=O)C(NC(=O)C(CCCc1ccc(Oc2ccccc2)c(F)c1)C1OC(C)(C)OC1=O)C(C)(C)C)c1ccccc1. The van der Waals surface area contributed by atoms with Crippen LogP contribution < -0.4 is 15.4 Å². The van der Waals surface area contributed by atoms with Crippen LogP contribution in [0, 0.1) is 17.2 Å². The molecule has 1 aliphatic heterocycles. The fourth-order valence-corrected chi connectivity index (χ4v) is 5.32.